The Kier molecular flexibility index (Phi) is 20.5. The number of unbranched alkanes of at least 4 members (excludes halogenated alkanes) is 2. The monoisotopic (exact) mass is 653 g/mol. The van der Waals surface area contributed by atoms with E-state index in [0.717, 1.165) is 12.8 Å². The number of carbonyl (C=O) groups excluding carboxylic acids is 8. The van der Waals surface area contributed by atoms with Crippen molar-refractivity contribution in [2.75, 3.05) is 26.4 Å². The zero-order chi connectivity index (χ0) is 35.3. The normalized spacial score (nSPS) is 11.5. The largest absolute Gasteiger partial charge is 0.466 e. The molecule has 0 spiro atoms. The lowest BCUT2D eigenvalue weighted by Crippen LogP contribution is -2.38. The van der Waals surface area contributed by atoms with Gasteiger partial charge in [0, 0.05) is 31.6 Å². The smallest absolute Gasteiger partial charge is 0.305 e. The predicted octanol–water partition coefficient (Wildman–Crippen LogP) is 4.66. The first-order valence-electron chi connectivity index (χ1n) is 16.1. The fourth-order valence-corrected chi connectivity index (χ4v) is 5.17. The summed E-state index contributed by atoms with van der Waals surface area (Å²) in [6, 6.07) is 0. The van der Waals surface area contributed by atoms with Crippen LogP contribution in [0.4, 0.5) is 0 Å². The Morgan fingerprint density at radius 1 is 0.522 bits per heavy atom. The molecule has 0 atom stereocenters. The average Bonchev–Trinajstić information content (AvgIpc) is 2.98. The Morgan fingerprint density at radius 2 is 0.826 bits per heavy atom. The van der Waals surface area contributed by atoms with Gasteiger partial charge in [-0.25, -0.2) is 0 Å². The number of hydrogen-bond donors (Lipinski definition) is 0. The Bertz CT molecular complexity index is 954. The fourth-order valence-electron chi connectivity index (χ4n) is 5.17. The van der Waals surface area contributed by atoms with Gasteiger partial charge in [0.05, 0.1) is 37.3 Å². The summed E-state index contributed by atoms with van der Waals surface area (Å²) in [5, 5.41) is 0. The number of hydrogen-bond acceptors (Lipinski definition) is 12. The minimum absolute atomic E-state index is 0.0788. The van der Waals surface area contributed by atoms with Crippen LogP contribution in [0.2, 0.25) is 0 Å². The quantitative estimate of drug-likeness (QED) is 0.0548. The summed E-state index contributed by atoms with van der Waals surface area (Å²) in [5.74, 6) is -4.64. The van der Waals surface area contributed by atoms with Crippen molar-refractivity contribution in [2.45, 2.75) is 119 Å². The number of carbonyl (C=O) groups is 8. The number of esters is 4. The van der Waals surface area contributed by atoms with Crippen LogP contribution in [-0.2, 0) is 57.3 Å². The van der Waals surface area contributed by atoms with Crippen LogP contribution in [0.25, 0.3) is 0 Å². The van der Waals surface area contributed by atoms with Crippen LogP contribution >= 0.6 is 0 Å². The SMILES string of the molecule is CCCC[CH]C(COC(=O)CCC(CCC(=O)OCC)(C(C)=O)C(C)=O)COC(=O)CCC(CCC(=O)OCC)(C(C)=O)C(C)=O. The summed E-state index contributed by atoms with van der Waals surface area (Å²) < 4.78 is 20.7. The first-order valence-corrected chi connectivity index (χ1v) is 16.1. The third-order valence-electron chi connectivity index (χ3n) is 8.30. The highest BCUT2D eigenvalue weighted by Gasteiger charge is 2.42. The van der Waals surface area contributed by atoms with Gasteiger partial charge in [0.15, 0.2) is 0 Å². The minimum atomic E-state index is -1.51. The van der Waals surface area contributed by atoms with Crippen LogP contribution in [-0.4, -0.2) is 73.4 Å². The van der Waals surface area contributed by atoms with E-state index in [1.165, 1.54) is 27.7 Å². The van der Waals surface area contributed by atoms with Crippen molar-refractivity contribution >= 4 is 47.0 Å². The van der Waals surface area contributed by atoms with Crippen LogP contribution < -0.4 is 0 Å². The van der Waals surface area contributed by atoms with Gasteiger partial charge in [0.25, 0.3) is 0 Å². The summed E-state index contributed by atoms with van der Waals surface area (Å²) in [5.41, 5.74) is -3.03. The van der Waals surface area contributed by atoms with Crippen molar-refractivity contribution in [3.8, 4) is 0 Å². The Balaban J connectivity index is 5.32. The van der Waals surface area contributed by atoms with E-state index in [1.54, 1.807) is 13.8 Å². The summed E-state index contributed by atoms with van der Waals surface area (Å²) in [6.45, 7) is 10.4. The van der Waals surface area contributed by atoms with Crippen LogP contribution in [0, 0.1) is 23.2 Å². The average molecular weight is 654 g/mol. The summed E-state index contributed by atoms with van der Waals surface area (Å²) in [6.07, 6.45) is 3.14. The molecule has 0 heterocycles. The third-order valence-corrected chi connectivity index (χ3v) is 8.30. The third kappa shape index (κ3) is 14.8. The molecule has 0 saturated heterocycles. The van der Waals surface area contributed by atoms with Crippen LogP contribution in [0.5, 0.6) is 0 Å². The second kappa shape index (κ2) is 22.1. The molecular weight excluding hydrogens is 600 g/mol. The molecule has 0 saturated carbocycles. The van der Waals surface area contributed by atoms with Gasteiger partial charge in [-0.3, -0.25) is 38.4 Å². The molecular formula is C34H53O12. The molecule has 0 fully saturated rings. The van der Waals surface area contributed by atoms with Gasteiger partial charge in [0.2, 0.25) is 0 Å². The van der Waals surface area contributed by atoms with E-state index < -0.39 is 63.8 Å². The van der Waals surface area contributed by atoms with E-state index in [1.807, 2.05) is 13.3 Å². The highest BCUT2D eigenvalue weighted by Crippen LogP contribution is 2.34. The van der Waals surface area contributed by atoms with E-state index in [0.29, 0.717) is 6.42 Å². The van der Waals surface area contributed by atoms with E-state index in [4.69, 9.17) is 18.9 Å². The summed E-state index contributed by atoms with van der Waals surface area (Å²) >= 11 is 0. The molecule has 0 N–H and O–H groups in total. The molecule has 0 aromatic heterocycles. The minimum Gasteiger partial charge on any atom is -0.466 e. The lowest BCUT2D eigenvalue weighted by Gasteiger charge is -2.28. The molecule has 12 heteroatoms. The fraction of sp³-hybridized carbons (Fsp3) is 0.735. The van der Waals surface area contributed by atoms with Crippen molar-refractivity contribution < 1.29 is 57.3 Å². The highest BCUT2D eigenvalue weighted by molar-refractivity contribution is 6.06. The summed E-state index contributed by atoms with van der Waals surface area (Å²) in [4.78, 5) is 99.1. The Labute approximate surface area is 273 Å². The maximum absolute atomic E-state index is 12.7. The second-order valence-corrected chi connectivity index (χ2v) is 11.5. The van der Waals surface area contributed by atoms with E-state index in [-0.39, 0.29) is 77.8 Å². The second-order valence-electron chi connectivity index (χ2n) is 11.5. The Morgan fingerprint density at radius 3 is 1.09 bits per heavy atom. The van der Waals surface area contributed by atoms with Gasteiger partial charge in [-0.15, -0.1) is 0 Å². The molecule has 0 aliphatic heterocycles. The zero-order valence-corrected chi connectivity index (χ0v) is 28.7. The molecule has 0 aromatic carbocycles. The van der Waals surface area contributed by atoms with Gasteiger partial charge < -0.3 is 18.9 Å². The molecule has 0 aromatic rings. The van der Waals surface area contributed by atoms with Gasteiger partial charge >= 0.3 is 23.9 Å². The van der Waals surface area contributed by atoms with Crippen LogP contribution in [0.1, 0.15) is 119 Å². The zero-order valence-electron chi connectivity index (χ0n) is 28.7. The lowest BCUT2D eigenvalue weighted by atomic mass is 9.73. The van der Waals surface area contributed by atoms with Crippen molar-refractivity contribution in [3.05, 3.63) is 6.42 Å². The van der Waals surface area contributed by atoms with Gasteiger partial charge in [0.1, 0.15) is 23.1 Å². The van der Waals surface area contributed by atoms with Crippen LogP contribution in [0.3, 0.4) is 0 Å². The van der Waals surface area contributed by atoms with Gasteiger partial charge in [-0.2, -0.15) is 0 Å². The first kappa shape index (κ1) is 42.6. The van der Waals surface area contributed by atoms with Crippen LogP contribution in [0.15, 0.2) is 0 Å². The molecule has 0 unspecified atom stereocenters. The van der Waals surface area contributed by atoms with E-state index in [2.05, 4.69) is 0 Å². The number of rotatable bonds is 26. The molecule has 12 nitrogen and oxygen atoms in total. The molecule has 0 bridgehead atoms. The van der Waals surface area contributed by atoms with E-state index >= 15 is 0 Å². The van der Waals surface area contributed by atoms with Crippen molar-refractivity contribution in [3.63, 3.8) is 0 Å². The molecule has 0 amide bonds. The van der Waals surface area contributed by atoms with Gasteiger partial charge in [-0.1, -0.05) is 19.8 Å². The highest BCUT2D eigenvalue weighted by atomic mass is 16.5. The standard InChI is InChI=1S/C34H53O12/c1-8-11-12-13-28(22-45-31(41)16-20-33(24(4)35,25(5)36)18-14-29(39)43-9-2)23-46-32(42)17-21-34(26(6)37,27(7)38)19-15-30(40)44-10-3/h13,28H,8-12,14-23H2,1-7H3. The maximum Gasteiger partial charge on any atom is 0.305 e. The van der Waals surface area contributed by atoms with E-state index in [9.17, 15) is 38.4 Å². The number of Topliss-reactive ketones (excluding diaryl/α,β-unsaturated/α-hetero) is 4. The topological polar surface area (TPSA) is 173 Å². The molecule has 0 aliphatic rings. The van der Waals surface area contributed by atoms with Crippen molar-refractivity contribution in [1.29, 1.82) is 0 Å². The van der Waals surface area contributed by atoms with Crippen molar-refractivity contribution in [1.82, 2.24) is 0 Å². The predicted molar refractivity (Wildman–Crippen MR) is 167 cm³/mol. The summed E-state index contributed by atoms with van der Waals surface area (Å²) in [7, 11) is 0. The molecule has 0 aliphatic carbocycles. The van der Waals surface area contributed by atoms with Crippen molar-refractivity contribution in [2.24, 2.45) is 16.7 Å². The van der Waals surface area contributed by atoms with Gasteiger partial charge in [-0.05, 0) is 80.1 Å². The maximum atomic E-state index is 12.7. The Hall–Kier alpha value is -3.44. The number of ketones is 4. The first-order chi connectivity index (χ1) is 21.6. The lowest BCUT2D eigenvalue weighted by molar-refractivity contribution is -0.149. The number of ether oxygens (including phenoxy) is 4. The molecule has 46 heavy (non-hydrogen) atoms. The molecule has 1 radical (unpaired) electrons. The molecule has 0 rings (SSSR count). The molecule has 261 valence electrons.